The molecule has 0 atom stereocenters. The van der Waals surface area contributed by atoms with Gasteiger partial charge in [0.1, 0.15) is 0 Å². The van der Waals surface area contributed by atoms with Gasteiger partial charge in [-0.1, -0.05) is 11.6 Å². The molecule has 0 saturated heterocycles. The first-order chi connectivity index (χ1) is 2.41. The molecule has 0 aliphatic rings. The molecule has 0 aromatic carbocycles. The van der Waals surface area contributed by atoms with Gasteiger partial charge >= 0.3 is 0 Å². The Morgan fingerprint density at radius 3 is 2.40 bits per heavy atom. The maximum atomic E-state index is 5.03. The van der Waals surface area contributed by atoms with Gasteiger partial charge in [-0.2, -0.15) is 0 Å². The summed E-state index contributed by atoms with van der Waals surface area (Å²) in [5.41, 5.74) is 1.36. The second-order valence-corrected chi connectivity index (χ2v) is 0.785. The van der Waals surface area contributed by atoms with E-state index in [1.54, 1.807) is 7.05 Å². The average molecular weight is 90.5 g/mol. The van der Waals surface area contributed by atoms with Crippen molar-refractivity contribution in [1.82, 2.24) is 5.32 Å². The molecule has 5 heavy (non-hydrogen) atoms. The Morgan fingerprint density at radius 1 is 1.80 bits per heavy atom. The summed E-state index contributed by atoms with van der Waals surface area (Å²) >= 11 is 5.03. The van der Waals surface area contributed by atoms with Crippen LogP contribution < -0.4 is 5.32 Å². The molecule has 29 valence electrons. The van der Waals surface area contributed by atoms with Crippen LogP contribution in [0.25, 0.3) is 0 Å². The van der Waals surface area contributed by atoms with Gasteiger partial charge in [0.15, 0.2) is 0 Å². The molecule has 2 heteroatoms. The highest BCUT2D eigenvalue weighted by Gasteiger charge is 1.51. The third-order valence-corrected chi connectivity index (χ3v) is 0.318. The van der Waals surface area contributed by atoms with E-state index in [9.17, 15) is 0 Å². The van der Waals surface area contributed by atoms with Crippen LogP contribution in [-0.4, -0.2) is 7.05 Å². The Labute approximate surface area is 36.6 Å². The van der Waals surface area contributed by atoms with E-state index in [0.717, 1.165) is 0 Å². The van der Waals surface area contributed by atoms with Crippen LogP contribution in [0.2, 0.25) is 0 Å². The largest absolute Gasteiger partial charge is 0.296 e. The fourth-order valence-corrected chi connectivity index (χ4v) is 0.169. The summed E-state index contributed by atoms with van der Waals surface area (Å²) in [4.78, 5) is 0. The molecule has 0 amide bonds. The molecule has 0 aromatic heterocycles. The predicted molar refractivity (Wildman–Crippen MR) is 23.1 cm³/mol. The van der Waals surface area contributed by atoms with Crippen molar-refractivity contribution < 1.29 is 0 Å². The molecule has 0 spiro atoms. The minimum atomic E-state index is 1.36. The lowest BCUT2D eigenvalue weighted by molar-refractivity contribution is 1.08. The number of nitrogens with zero attached hydrogens (tertiary/aromatic N) is 1. The van der Waals surface area contributed by atoms with E-state index in [-0.39, 0.29) is 0 Å². The van der Waals surface area contributed by atoms with Gasteiger partial charge in [-0.05, 0) is 0 Å². The van der Waals surface area contributed by atoms with E-state index in [1.807, 2.05) is 0 Å². The molecule has 0 heterocycles. The van der Waals surface area contributed by atoms with E-state index >= 15 is 0 Å². The summed E-state index contributed by atoms with van der Waals surface area (Å²) in [6, 6.07) is 0. The Kier molecular flexibility index (Phi) is 3.70. The Morgan fingerprint density at radius 2 is 2.40 bits per heavy atom. The molecule has 0 fully saturated rings. The van der Waals surface area contributed by atoms with Crippen LogP contribution in [0.3, 0.4) is 0 Å². The number of halogens is 1. The van der Waals surface area contributed by atoms with E-state index in [2.05, 4.69) is 5.32 Å². The number of rotatable bonds is 1. The third kappa shape index (κ3) is 3.83. The van der Waals surface area contributed by atoms with Gasteiger partial charge in [-0.3, -0.25) is 5.32 Å². The minimum Gasteiger partial charge on any atom is -0.296 e. The third-order valence-electron chi connectivity index (χ3n) is 0.205. The highest BCUT2D eigenvalue weighted by molar-refractivity contribution is 6.25. The smallest absolute Gasteiger partial charge is 0.0322 e. The molecule has 1 nitrogen and oxygen atoms in total. The molecular formula is C3H5ClN. The van der Waals surface area contributed by atoms with Gasteiger partial charge in [0, 0.05) is 18.8 Å². The fourth-order valence-electron chi connectivity index (χ4n) is 0.0563. The summed E-state index contributed by atoms with van der Waals surface area (Å²) in [6.07, 6.45) is 1.52. The lowest BCUT2D eigenvalue weighted by Gasteiger charge is -1.68. The molecule has 1 radical (unpaired) electrons. The summed E-state index contributed by atoms with van der Waals surface area (Å²) < 4.78 is 0. The molecule has 0 aliphatic carbocycles. The standard InChI is InChI=1S/C3H5ClN/c1-5-3-2-4/h2-3H,1H3. The van der Waals surface area contributed by atoms with Gasteiger partial charge in [0.25, 0.3) is 0 Å². The van der Waals surface area contributed by atoms with Gasteiger partial charge in [0.05, 0.1) is 0 Å². The zero-order valence-corrected chi connectivity index (χ0v) is 3.74. The van der Waals surface area contributed by atoms with Gasteiger partial charge in [-0.25, -0.2) is 0 Å². The van der Waals surface area contributed by atoms with E-state index in [1.165, 1.54) is 11.7 Å². The molecule has 0 bridgehead atoms. The van der Waals surface area contributed by atoms with Crippen molar-refractivity contribution >= 4 is 11.6 Å². The summed E-state index contributed by atoms with van der Waals surface area (Å²) in [6.45, 7) is 0. The van der Waals surface area contributed by atoms with E-state index < -0.39 is 0 Å². The van der Waals surface area contributed by atoms with E-state index in [4.69, 9.17) is 11.6 Å². The van der Waals surface area contributed by atoms with Crippen molar-refractivity contribution in [3.8, 4) is 0 Å². The number of hydrogen-bond donors (Lipinski definition) is 0. The summed E-state index contributed by atoms with van der Waals surface area (Å²) in [7, 11) is 1.67. The molecule has 0 unspecified atom stereocenters. The van der Waals surface area contributed by atoms with Crippen molar-refractivity contribution in [2.75, 3.05) is 7.05 Å². The van der Waals surface area contributed by atoms with Crippen LogP contribution in [-0.2, 0) is 0 Å². The van der Waals surface area contributed by atoms with Crippen molar-refractivity contribution in [3.63, 3.8) is 0 Å². The SMILES string of the molecule is C[N]C=CCl. The van der Waals surface area contributed by atoms with Crippen LogP contribution in [0.15, 0.2) is 11.7 Å². The van der Waals surface area contributed by atoms with Crippen LogP contribution in [0, 0.1) is 0 Å². The second-order valence-electron chi connectivity index (χ2n) is 0.533. The molecule has 0 aliphatic heterocycles. The molecule has 0 saturated carbocycles. The normalized spacial score (nSPS) is 9.20. The molecule has 0 rings (SSSR count). The van der Waals surface area contributed by atoms with Crippen LogP contribution in [0.4, 0.5) is 0 Å². The second kappa shape index (κ2) is 3.83. The fraction of sp³-hybridized carbons (Fsp3) is 0.333. The number of hydrogen-bond acceptors (Lipinski definition) is 0. The van der Waals surface area contributed by atoms with Crippen molar-refractivity contribution in [3.05, 3.63) is 11.7 Å². The lowest BCUT2D eigenvalue weighted by atomic mass is 11.0. The highest BCUT2D eigenvalue weighted by atomic mass is 35.5. The first-order valence-electron chi connectivity index (χ1n) is 1.26. The van der Waals surface area contributed by atoms with Crippen molar-refractivity contribution in [2.45, 2.75) is 0 Å². The Bertz CT molecular complexity index is 33.9. The molecule has 0 aromatic rings. The topological polar surface area (TPSA) is 14.1 Å². The zero-order valence-electron chi connectivity index (χ0n) is 2.98. The molecular weight excluding hydrogens is 85.5 g/mol. The quantitative estimate of drug-likeness (QED) is 0.455. The minimum absolute atomic E-state index is 1.36. The lowest BCUT2D eigenvalue weighted by Crippen LogP contribution is -1.76. The van der Waals surface area contributed by atoms with Gasteiger partial charge in [-0.15, -0.1) is 0 Å². The van der Waals surface area contributed by atoms with Crippen molar-refractivity contribution in [2.24, 2.45) is 0 Å². The Balaban J connectivity index is 2.62. The van der Waals surface area contributed by atoms with Crippen LogP contribution in [0.5, 0.6) is 0 Å². The summed E-state index contributed by atoms with van der Waals surface area (Å²) in [5, 5.41) is 3.54. The Hall–Kier alpha value is -0.170. The predicted octanol–water partition coefficient (Wildman–Crippen LogP) is 0.931. The van der Waals surface area contributed by atoms with Gasteiger partial charge in [0.2, 0.25) is 0 Å². The maximum Gasteiger partial charge on any atom is 0.0322 e. The average Bonchev–Trinajstić information content (AvgIpc) is 1.41. The van der Waals surface area contributed by atoms with Crippen LogP contribution >= 0.6 is 11.6 Å². The molecule has 0 N–H and O–H groups in total. The maximum absolute atomic E-state index is 5.03. The van der Waals surface area contributed by atoms with Crippen LogP contribution in [0.1, 0.15) is 0 Å². The van der Waals surface area contributed by atoms with E-state index in [0.29, 0.717) is 0 Å². The first-order valence-corrected chi connectivity index (χ1v) is 1.69. The summed E-state index contributed by atoms with van der Waals surface area (Å²) in [5.74, 6) is 0. The monoisotopic (exact) mass is 90.0 g/mol. The highest BCUT2D eigenvalue weighted by Crippen LogP contribution is 1.69. The van der Waals surface area contributed by atoms with Gasteiger partial charge < -0.3 is 0 Å². The van der Waals surface area contributed by atoms with Crippen molar-refractivity contribution in [1.29, 1.82) is 0 Å². The first kappa shape index (κ1) is 4.83. The zero-order chi connectivity index (χ0) is 4.12.